The first-order chi connectivity index (χ1) is 19.1. The molecule has 7 nitrogen and oxygen atoms in total. The molecule has 0 aliphatic rings. The van der Waals surface area contributed by atoms with Crippen LogP contribution in [0.3, 0.4) is 0 Å². The maximum absolute atomic E-state index is 13.5. The van der Waals surface area contributed by atoms with Gasteiger partial charge >= 0.3 is 148 Å². The van der Waals surface area contributed by atoms with Crippen molar-refractivity contribution in [3.63, 3.8) is 0 Å². The molecule has 4 N–H and O–H groups in total. The van der Waals surface area contributed by atoms with Crippen LogP contribution in [0.5, 0.6) is 0 Å². The van der Waals surface area contributed by atoms with E-state index in [0.717, 1.165) is 15.5 Å². The van der Waals surface area contributed by atoms with Crippen LogP contribution in [0.1, 0.15) is 50.2 Å². The van der Waals surface area contributed by atoms with E-state index in [4.69, 9.17) is 5.73 Å². The summed E-state index contributed by atoms with van der Waals surface area (Å²) in [5.41, 5.74) is 8.44. The summed E-state index contributed by atoms with van der Waals surface area (Å²) in [7, 11) is -3.76. The molecule has 9 heteroatoms. The van der Waals surface area contributed by atoms with E-state index in [9.17, 15) is 18.3 Å². The molecule has 0 spiro atoms. The summed E-state index contributed by atoms with van der Waals surface area (Å²) in [6, 6.07) is 25.1. The van der Waals surface area contributed by atoms with E-state index in [1.54, 1.807) is 12.1 Å². The number of rotatable bonds is 15. The van der Waals surface area contributed by atoms with Gasteiger partial charge in [-0.3, -0.25) is 4.79 Å². The molecular formula is C31H42AsN3O4S. The third kappa shape index (κ3) is 8.76. The van der Waals surface area contributed by atoms with Gasteiger partial charge in [-0.05, 0) is 11.1 Å². The Kier molecular flexibility index (Phi) is 12.4. The number of nitrogens with one attached hydrogen (secondary N) is 1. The molecule has 0 saturated carbocycles. The molecular weight excluding hydrogens is 585 g/mol. The zero-order chi connectivity index (χ0) is 29.1. The predicted octanol–water partition coefficient (Wildman–Crippen LogP) is 2.40. The molecule has 0 saturated heterocycles. The van der Waals surface area contributed by atoms with E-state index in [0.29, 0.717) is 32.4 Å². The van der Waals surface area contributed by atoms with Gasteiger partial charge in [-0.15, -0.1) is 0 Å². The standard InChI is InChI=1S/C31H42AsN3O4S/c1-23(2)21-35(40(38,39)28-18-16-26(32)17-19-28)27(22-36)15-9-10-20-34-31(37)30(33)29(24-11-5-3-6-12-24)25-13-7-4-8-14-25/h3-8,11-14,16-19,23,27,29-30,36H,9-10,15,20-22,32-33H2,1-2H3,(H,34,37). The Morgan fingerprint density at radius 2 is 1.48 bits per heavy atom. The van der Waals surface area contributed by atoms with Gasteiger partial charge in [0.05, 0.1) is 6.04 Å². The predicted molar refractivity (Wildman–Crippen MR) is 164 cm³/mol. The molecule has 3 rings (SSSR count). The quantitative estimate of drug-likeness (QED) is 0.177. The summed E-state index contributed by atoms with van der Waals surface area (Å²) in [5, 5.41) is 13.1. The first kappa shape index (κ1) is 32.0. The molecule has 3 aromatic carbocycles. The Morgan fingerprint density at radius 3 is 1.98 bits per heavy atom. The fraction of sp³-hybridized carbons (Fsp3) is 0.387. The van der Waals surface area contributed by atoms with Crippen molar-refractivity contribution in [1.82, 2.24) is 9.62 Å². The van der Waals surface area contributed by atoms with Crippen LogP contribution in [-0.2, 0) is 14.8 Å². The molecule has 216 valence electrons. The van der Waals surface area contributed by atoms with Crippen molar-refractivity contribution in [1.29, 1.82) is 0 Å². The molecule has 40 heavy (non-hydrogen) atoms. The van der Waals surface area contributed by atoms with Crippen molar-refractivity contribution >= 4 is 37.1 Å². The van der Waals surface area contributed by atoms with E-state index < -0.39 is 22.1 Å². The molecule has 3 atom stereocenters. The van der Waals surface area contributed by atoms with E-state index in [1.807, 2.05) is 86.6 Å². The van der Waals surface area contributed by atoms with Crippen molar-refractivity contribution in [2.24, 2.45) is 11.7 Å². The van der Waals surface area contributed by atoms with E-state index >= 15 is 0 Å². The summed E-state index contributed by atoms with van der Waals surface area (Å²) in [5.74, 6) is -0.416. The average molecular weight is 628 g/mol. The fourth-order valence-electron chi connectivity index (χ4n) is 4.82. The molecule has 0 heterocycles. The number of hydrogen-bond acceptors (Lipinski definition) is 5. The van der Waals surface area contributed by atoms with E-state index in [-0.39, 0.29) is 29.2 Å². The number of benzene rings is 3. The average Bonchev–Trinajstić information content (AvgIpc) is 2.95. The zero-order valence-corrected chi connectivity index (χ0v) is 26.6. The van der Waals surface area contributed by atoms with Gasteiger partial charge < -0.3 is 5.73 Å². The first-order valence-electron chi connectivity index (χ1n) is 13.8. The van der Waals surface area contributed by atoms with Gasteiger partial charge in [0.2, 0.25) is 5.91 Å². The van der Waals surface area contributed by atoms with E-state index in [2.05, 4.69) is 5.32 Å². The Hall–Kier alpha value is -2.48. The second kappa shape index (κ2) is 15.5. The van der Waals surface area contributed by atoms with Gasteiger partial charge in [0.15, 0.2) is 0 Å². The zero-order valence-electron chi connectivity index (χ0n) is 23.3. The number of hydrogen-bond donors (Lipinski definition) is 3. The Morgan fingerprint density at radius 1 is 0.925 bits per heavy atom. The van der Waals surface area contributed by atoms with Crippen molar-refractivity contribution in [3.8, 4) is 0 Å². The Labute approximate surface area is 247 Å². The number of nitrogens with two attached hydrogens (primary N) is 1. The summed E-state index contributed by atoms with van der Waals surface area (Å²) in [6.07, 6.45) is 1.76. The minimum absolute atomic E-state index is 0.0977. The SMILES string of the molecule is CC(C)CN(C(CO)CCCCNC(=O)C(N)C(c1ccccc1)c1ccccc1)S(=O)(=O)c1ccc([AsH2])cc1. The third-order valence-electron chi connectivity index (χ3n) is 6.89. The van der Waals surface area contributed by atoms with Gasteiger partial charge in [-0.25, -0.2) is 0 Å². The second-order valence-corrected chi connectivity index (χ2v) is 13.8. The number of aliphatic hydroxyl groups is 1. The van der Waals surface area contributed by atoms with Crippen LogP contribution in [0.4, 0.5) is 0 Å². The topological polar surface area (TPSA) is 113 Å². The molecule has 0 aromatic heterocycles. The van der Waals surface area contributed by atoms with Crippen LogP contribution in [0.2, 0.25) is 0 Å². The van der Waals surface area contributed by atoms with Crippen molar-refractivity contribution < 1.29 is 18.3 Å². The maximum atomic E-state index is 13.5. The molecule has 0 radical (unpaired) electrons. The number of unbranched alkanes of at least 4 members (excludes halogenated alkanes) is 1. The number of carbonyl (C=O) groups excluding carboxylic acids is 1. The molecule has 3 aromatic rings. The van der Waals surface area contributed by atoms with Gasteiger partial charge in [-0.1, -0.05) is 60.7 Å². The number of nitrogens with zero attached hydrogens (tertiary/aromatic N) is 1. The molecule has 0 bridgehead atoms. The Bertz CT molecular complexity index is 1250. The van der Waals surface area contributed by atoms with Gasteiger partial charge in [0.25, 0.3) is 0 Å². The summed E-state index contributed by atoms with van der Waals surface area (Å²) >= 11 is 1.43. The molecule has 0 aliphatic carbocycles. The van der Waals surface area contributed by atoms with Gasteiger partial charge in [-0.2, -0.15) is 0 Å². The minimum atomic E-state index is -3.76. The number of aliphatic hydroxyl groups excluding tert-OH is 1. The van der Waals surface area contributed by atoms with E-state index in [1.165, 1.54) is 21.2 Å². The Balaban J connectivity index is 1.60. The van der Waals surface area contributed by atoms with Crippen molar-refractivity contribution in [2.45, 2.75) is 56.0 Å². The van der Waals surface area contributed by atoms with Crippen LogP contribution in [-0.4, -0.2) is 72.4 Å². The first-order valence-corrected chi connectivity index (χ1v) is 16.4. The second-order valence-electron chi connectivity index (χ2n) is 10.5. The summed E-state index contributed by atoms with van der Waals surface area (Å²) in [4.78, 5) is 13.3. The van der Waals surface area contributed by atoms with Crippen LogP contribution < -0.4 is 15.4 Å². The van der Waals surface area contributed by atoms with Crippen LogP contribution >= 0.6 is 0 Å². The number of amides is 1. The van der Waals surface area contributed by atoms with Crippen LogP contribution in [0.25, 0.3) is 0 Å². The summed E-state index contributed by atoms with van der Waals surface area (Å²) in [6.45, 7) is 4.39. The van der Waals surface area contributed by atoms with Crippen LogP contribution in [0, 0.1) is 5.92 Å². The molecule has 1 amide bonds. The van der Waals surface area contributed by atoms with Gasteiger partial charge in [0.1, 0.15) is 0 Å². The molecule has 3 unspecified atom stereocenters. The summed E-state index contributed by atoms with van der Waals surface area (Å²) < 4.78 is 29.4. The van der Waals surface area contributed by atoms with Crippen LogP contribution in [0.15, 0.2) is 89.8 Å². The monoisotopic (exact) mass is 627 g/mol. The normalized spacial score (nSPS) is 13.5. The van der Waals surface area contributed by atoms with Crippen molar-refractivity contribution in [2.75, 3.05) is 19.7 Å². The third-order valence-corrected chi connectivity index (χ3v) is 9.63. The molecule has 0 aliphatic heterocycles. The van der Waals surface area contributed by atoms with Crippen molar-refractivity contribution in [3.05, 3.63) is 96.1 Å². The number of sulfonamides is 1. The fourth-order valence-corrected chi connectivity index (χ4v) is 7.03. The molecule has 0 fully saturated rings. The van der Waals surface area contributed by atoms with Gasteiger partial charge in [0, 0.05) is 5.92 Å². The number of carbonyl (C=O) groups is 1.